The molecule has 0 aliphatic carbocycles. The molecule has 32 heavy (non-hydrogen) atoms. The summed E-state index contributed by atoms with van der Waals surface area (Å²) < 4.78 is 6.82. The average Bonchev–Trinajstić information content (AvgIpc) is 3.32. The van der Waals surface area contributed by atoms with Crippen LogP contribution in [0.5, 0.6) is 0 Å². The Morgan fingerprint density at radius 3 is 2.56 bits per heavy atom. The summed E-state index contributed by atoms with van der Waals surface area (Å²) >= 11 is 10.9. The fourth-order valence-corrected chi connectivity index (χ4v) is 4.43. The Morgan fingerprint density at radius 1 is 1.19 bits per heavy atom. The third kappa shape index (κ3) is 4.64. The van der Waals surface area contributed by atoms with Crippen molar-refractivity contribution in [1.29, 1.82) is 0 Å². The van der Waals surface area contributed by atoms with E-state index in [4.69, 9.17) is 16.0 Å². The highest BCUT2D eigenvalue weighted by atomic mass is 79.9. The van der Waals surface area contributed by atoms with Gasteiger partial charge in [-0.1, -0.05) is 27.5 Å². The first-order valence-corrected chi connectivity index (χ1v) is 11.3. The van der Waals surface area contributed by atoms with Crippen molar-refractivity contribution in [3.8, 4) is 11.3 Å². The Kier molecular flexibility index (Phi) is 6.23. The van der Waals surface area contributed by atoms with Gasteiger partial charge in [-0.2, -0.15) is 0 Å². The highest BCUT2D eigenvalue weighted by Crippen LogP contribution is 2.34. The van der Waals surface area contributed by atoms with E-state index in [1.54, 1.807) is 18.2 Å². The standard InChI is InChI=1S/C22H15BrClN3O4S/c1-11-7-13(8-12(2)20(11)23)25-22-26-21(28)19(32-22)10-15-4-6-18(31-15)16-5-3-14(27(29)30)9-17(16)24/h3-10H,1-2H3,(H,25,26,28)/b19-10-. The first kappa shape index (κ1) is 22.3. The van der Waals surface area contributed by atoms with Crippen LogP contribution in [0.25, 0.3) is 17.4 Å². The molecule has 0 radical (unpaired) electrons. The molecular formula is C22H15BrClN3O4S. The Hall–Kier alpha value is -2.88. The molecule has 1 aliphatic rings. The first-order valence-electron chi connectivity index (χ1n) is 9.32. The van der Waals surface area contributed by atoms with Gasteiger partial charge in [-0.15, -0.1) is 0 Å². The molecule has 2 heterocycles. The summed E-state index contributed by atoms with van der Waals surface area (Å²) in [4.78, 5) is 27.7. The molecule has 0 unspecified atom stereocenters. The lowest BCUT2D eigenvalue weighted by molar-refractivity contribution is -0.384. The zero-order valence-electron chi connectivity index (χ0n) is 16.8. The maximum atomic E-state index is 12.4. The number of aliphatic imine (C=N–C) groups is 1. The molecule has 0 atom stereocenters. The quantitative estimate of drug-likeness (QED) is 0.227. The molecule has 162 valence electrons. The van der Waals surface area contributed by atoms with Crippen LogP contribution in [0.4, 0.5) is 11.4 Å². The number of thioether (sulfide) groups is 1. The highest BCUT2D eigenvalue weighted by molar-refractivity contribution is 9.10. The number of nitrogens with one attached hydrogen (secondary N) is 1. The van der Waals surface area contributed by atoms with E-state index in [0.717, 1.165) is 21.3 Å². The van der Waals surface area contributed by atoms with E-state index in [1.807, 2.05) is 26.0 Å². The predicted octanol–water partition coefficient (Wildman–Crippen LogP) is 6.78. The number of rotatable bonds is 4. The lowest BCUT2D eigenvalue weighted by Gasteiger charge is -2.04. The molecular weight excluding hydrogens is 518 g/mol. The number of hydrogen-bond donors (Lipinski definition) is 1. The molecule has 0 bridgehead atoms. The third-order valence-electron chi connectivity index (χ3n) is 4.63. The largest absolute Gasteiger partial charge is 0.457 e. The molecule has 3 aromatic rings. The van der Waals surface area contributed by atoms with Gasteiger partial charge in [0.05, 0.1) is 20.5 Å². The number of carbonyl (C=O) groups is 1. The Balaban J connectivity index is 1.56. The number of aryl methyl sites for hydroxylation is 2. The number of carbonyl (C=O) groups excluding carboxylic acids is 1. The van der Waals surface area contributed by atoms with Crippen molar-refractivity contribution in [2.75, 3.05) is 0 Å². The van der Waals surface area contributed by atoms with Crippen LogP contribution in [-0.4, -0.2) is 16.0 Å². The van der Waals surface area contributed by atoms with Crippen LogP contribution >= 0.6 is 39.3 Å². The van der Waals surface area contributed by atoms with Gasteiger partial charge in [0.1, 0.15) is 11.5 Å². The van der Waals surface area contributed by atoms with Gasteiger partial charge in [-0.25, -0.2) is 4.99 Å². The summed E-state index contributed by atoms with van der Waals surface area (Å²) in [7, 11) is 0. The van der Waals surface area contributed by atoms with Crippen molar-refractivity contribution in [3.05, 3.63) is 83.9 Å². The number of amides is 1. The summed E-state index contributed by atoms with van der Waals surface area (Å²) in [6.07, 6.45) is 1.61. The number of amidine groups is 1. The van der Waals surface area contributed by atoms with Crippen LogP contribution in [0.3, 0.4) is 0 Å². The minimum Gasteiger partial charge on any atom is -0.457 e. The van der Waals surface area contributed by atoms with Gasteiger partial charge in [-0.3, -0.25) is 14.9 Å². The van der Waals surface area contributed by atoms with E-state index in [-0.39, 0.29) is 16.6 Å². The van der Waals surface area contributed by atoms with Gasteiger partial charge >= 0.3 is 0 Å². The summed E-state index contributed by atoms with van der Waals surface area (Å²) in [5, 5.41) is 14.3. The lowest BCUT2D eigenvalue weighted by Crippen LogP contribution is -2.19. The number of non-ortho nitro benzene ring substituents is 1. The number of nitrogens with zero attached hydrogens (tertiary/aromatic N) is 2. The molecule has 7 nitrogen and oxygen atoms in total. The molecule has 1 amide bonds. The van der Waals surface area contributed by atoms with Gasteiger partial charge in [0.25, 0.3) is 11.6 Å². The second-order valence-corrected chi connectivity index (χ2v) is 9.23. The van der Waals surface area contributed by atoms with Crippen molar-refractivity contribution >= 4 is 67.8 Å². The fraction of sp³-hybridized carbons (Fsp3) is 0.0909. The summed E-state index contributed by atoms with van der Waals surface area (Å²) in [6, 6.07) is 11.4. The maximum Gasteiger partial charge on any atom is 0.270 e. The number of furan rings is 1. The molecule has 1 saturated heterocycles. The number of nitro benzene ring substituents is 1. The Bertz CT molecular complexity index is 1310. The van der Waals surface area contributed by atoms with Gasteiger partial charge < -0.3 is 9.73 Å². The molecule has 4 rings (SSSR count). The van der Waals surface area contributed by atoms with Gasteiger partial charge in [-0.05, 0) is 67.1 Å². The van der Waals surface area contributed by atoms with Gasteiger partial charge in [0.2, 0.25) is 0 Å². The van der Waals surface area contributed by atoms with Crippen LogP contribution in [0.2, 0.25) is 5.02 Å². The van der Waals surface area contributed by atoms with Crippen molar-refractivity contribution in [2.45, 2.75) is 13.8 Å². The smallest absolute Gasteiger partial charge is 0.270 e. The number of hydrogen-bond acceptors (Lipinski definition) is 6. The molecule has 0 spiro atoms. The number of halogens is 2. The SMILES string of the molecule is Cc1cc(N=C2NC(=O)/C(=C/c3ccc(-c4ccc([N+](=O)[O-])cc4Cl)o3)S2)cc(C)c1Br. The Labute approximate surface area is 200 Å². The van der Waals surface area contributed by atoms with Crippen LogP contribution in [-0.2, 0) is 4.79 Å². The minimum atomic E-state index is -0.514. The van der Waals surface area contributed by atoms with Gasteiger partial charge in [0.15, 0.2) is 5.17 Å². The number of nitro groups is 1. The van der Waals surface area contributed by atoms with E-state index in [1.165, 1.54) is 30.0 Å². The maximum absolute atomic E-state index is 12.4. The molecule has 1 aliphatic heterocycles. The monoisotopic (exact) mass is 531 g/mol. The normalized spacial score (nSPS) is 16.1. The molecule has 1 N–H and O–H groups in total. The van der Waals surface area contributed by atoms with E-state index in [9.17, 15) is 14.9 Å². The lowest BCUT2D eigenvalue weighted by atomic mass is 10.1. The van der Waals surface area contributed by atoms with Crippen LogP contribution in [0.15, 0.2) is 61.3 Å². The fourth-order valence-electron chi connectivity index (χ4n) is 3.11. The summed E-state index contributed by atoms with van der Waals surface area (Å²) in [6.45, 7) is 3.97. The van der Waals surface area contributed by atoms with Gasteiger partial charge in [0, 0.05) is 28.2 Å². The predicted molar refractivity (Wildman–Crippen MR) is 130 cm³/mol. The molecule has 1 fully saturated rings. The summed E-state index contributed by atoms with van der Waals surface area (Å²) in [5.74, 6) is 0.615. The molecule has 10 heteroatoms. The molecule has 2 aromatic carbocycles. The molecule has 0 saturated carbocycles. The van der Waals surface area contributed by atoms with E-state index in [0.29, 0.717) is 27.2 Å². The second-order valence-electron chi connectivity index (χ2n) is 7.00. The Morgan fingerprint density at radius 2 is 1.91 bits per heavy atom. The van der Waals surface area contributed by atoms with E-state index in [2.05, 4.69) is 26.2 Å². The summed E-state index contributed by atoms with van der Waals surface area (Å²) in [5.41, 5.74) is 3.29. The van der Waals surface area contributed by atoms with Crippen molar-refractivity contribution in [1.82, 2.24) is 5.32 Å². The van der Waals surface area contributed by atoms with Crippen molar-refractivity contribution in [3.63, 3.8) is 0 Å². The molecule has 1 aromatic heterocycles. The second kappa shape index (κ2) is 8.93. The first-order chi connectivity index (χ1) is 15.2. The van der Waals surface area contributed by atoms with Crippen LogP contribution in [0, 0.1) is 24.0 Å². The van der Waals surface area contributed by atoms with E-state index < -0.39 is 4.92 Å². The van der Waals surface area contributed by atoms with Crippen LogP contribution in [0.1, 0.15) is 16.9 Å². The van der Waals surface area contributed by atoms with Crippen LogP contribution < -0.4 is 5.32 Å². The van der Waals surface area contributed by atoms with Crippen molar-refractivity contribution < 1.29 is 14.1 Å². The highest BCUT2D eigenvalue weighted by Gasteiger charge is 2.24. The minimum absolute atomic E-state index is 0.102. The zero-order chi connectivity index (χ0) is 23.0. The number of benzene rings is 2. The van der Waals surface area contributed by atoms with E-state index >= 15 is 0 Å². The third-order valence-corrected chi connectivity index (χ3v) is 7.11. The topological polar surface area (TPSA) is 97.7 Å². The zero-order valence-corrected chi connectivity index (χ0v) is 20.0. The average molecular weight is 533 g/mol. The van der Waals surface area contributed by atoms with Crippen molar-refractivity contribution in [2.24, 2.45) is 4.99 Å².